The summed E-state index contributed by atoms with van der Waals surface area (Å²) in [5.74, 6) is -0.125. The third-order valence-corrected chi connectivity index (χ3v) is 3.47. The van der Waals surface area contributed by atoms with Crippen LogP contribution in [0.4, 0.5) is 18.0 Å². The summed E-state index contributed by atoms with van der Waals surface area (Å²) in [6.45, 7) is 5.89. The van der Waals surface area contributed by atoms with Crippen molar-refractivity contribution in [1.82, 2.24) is 9.88 Å². The molecule has 2 rings (SSSR count). The van der Waals surface area contributed by atoms with E-state index in [9.17, 15) is 18.0 Å². The number of aromatic nitrogens is 1. The standard InChI is InChI=1S/C17H21F3N2O3/c1-16(2,3)25-15(23)22-7-5-6-11(10-22)12-8-13(17(18,19)20)21-14(9-12)24-4/h6,8-9H,5,7,10H2,1-4H3. The molecule has 1 aromatic rings. The van der Waals surface area contributed by atoms with Gasteiger partial charge >= 0.3 is 12.3 Å². The number of methoxy groups -OCH3 is 1. The van der Waals surface area contributed by atoms with Crippen molar-refractivity contribution in [1.29, 1.82) is 0 Å². The normalized spacial score (nSPS) is 15.6. The monoisotopic (exact) mass is 358 g/mol. The summed E-state index contributed by atoms with van der Waals surface area (Å²) in [5.41, 5.74) is -0.741. The van der Waals surface area contributed by atoms with Crippen LogP contribution in [0.1, 0.15) is 38.4 Å². The second-order valence-corrected chi connectivity index (χ2v) is 6.70. The summed E-state index contributed by atoms with van der Waals surface area (Å²) in [6.07, 6.45) is -2.73. The van der Waals surface area contributed by atoms with E-state index in [0.29, 0.717) is 24.1 Å². The number of rotatable bonds is 2. The molecule has 0 unspecified atom stereocenters. The molecule has 0 N–H and O–H groups in total. The van der Waals surface area contributed by atoms with Crippen molar-refractivity contribution in [3.8, 4) is 5.88 Å². The minimum Gasteiger partial charge on any atom is -0.481 e. The number of nitrogens with zero attached hydrogens (tertiary/aromatic N) is 2. The fourth-order valence-corrected chi connectivity index (χ4v) is 2.38. The molecule has 0 bridgehead atoms. The van der Waals surface area contributed by atoms with Crippen LogP contribution in [0.5, 0.6) is 5.88 Å². The number of carbonyl (C=O) groups is 1. The predicted octanol–water partition coefficient (Wildman–Crippen LogP) is 4.13. The highest BCUT2D eigenvalue weighted by molar-refractivity contribution is 5.75. The molecule has 0 spiro atoms. The topological polar surface area (TPSA) is 51.7 Å². The SMILES string of the molecule is COc1cc(C2=CCCN(C(=O)OC(C)(C)C)C2)cc(C(F)(F)F)n1. The first-order valence-electron chi connectivity index (χ1n) is 7.80. The first-order chi connectivity index (χ1) is 11.5. The number of ether oxygens (including phenoxy) is 2. The molecule has 0 radical (unpaired) electrons. The van der Waals surface area contributed by atoms with Gasteiger partial charge in [0.2, 0.25) is 5.88 Å². The second kappa shape index (κ2) is 6.93. The molecule has 1 aliphatic rings. The molecule has 0 aromatic carbocycles. The van der Waals surface area contributed by atoms with Gasteiger partial charge in [-0.15, -0.1) is 0 Å². The lowest BCUT2D eigenvalue weighted by Gasteiger charge is -2.30. The molecule has 0 atom stereocenters. The van der Waals surface area contributed by atoms with Crippen molar-refractivity contribution in [3.05, 3.63) is 29.5 Å². The molecule has 1 aliphatic heterocycles. The summed E-state index contributed by atoms with van der Waals surface area (Å²) < 4.78 is 49.3. The maximum atomic E-state index is 13.0. The average Bonchev–Trinajstić information content (AvgIpc) is 2.52. The third kappa shape index (κ3) is 5.11. The van der Waals surface area contributed by atoms with E-state index in [4.69, 9.17) is 9.47 Å². The van der Waals surface area contributed by atoms with E-state index in [1.807, 2.05) is 6.08 Å². The van der Waals surface area contributed by atoms with Gasteiger partial charge in [0.1, 0.15) is 11.3 Å². The summed E-state index contributed by atoms with van der Waals surface area (Å²) in [5, 5.41) is 0. The quantitative estimate of drug-likeness (QED) is 0.798. The first kappa shape index (κ1) is 19.1. The van der Waals surface area contributed by atoms with Crippen molar-refractivity contribution in [2.24, 2.45) is 0 Å². The van der Waals surface area contributed by atoms with E-state index < -0.39 is 23.6 Å². The smallest absolute Gasteiger partial charge is 0.433 e. The van der Waals surface area contributed by atoms with E-state index >= 15 is 0 Å². The lowest BCUT2D eigenvalue weighted by atomic mass is 10.0. The van der Waals surface area contributed by atoms with Crippen LogP contribution in [-0.4, -0.2) is 41.8 Å². The molecular weight excluding hydrogens is 337 g/mol. The molecule has 2 heterocycles. The Balaban J connectivity index is 2.27. The van der Waals surface area contributed by atoms with Gasteiger partial charge in [-0.3, -0.25) is 0 Å². The summed E-state index contributed by atoms with van der Waals surface area (Å²) in [6, 6.07) is 2.40. The fourth-order valence-electron chi connectivity index (χ4n) is 2.38. The van der Waals surface area contributed by atoms with Crippen molar-refractivity contribution < 1.29 is 27.4 Å². The Labute approximate surface area is 144 Å². The molecule has 5 nitrogen and oxygen atoms in total. The maximum Gasteiger partial charge on any atom is 0.433 e. The molecule has 0 saturated carbocycles. The van der Waals surface area contributed by atoms with E-state index in [0.717, 1.165) is 6.07 Å². The third-order valence-electron chi connectivity index (χ3n) is 3.47. The minimum absolute atomic E-state index is 0.125. The number of hydrogen-bond donors (Lipinski definition) is 0. The lowest BCUT2D eigenvalue weighted by molar-refractivity contribution is -0.141. The number of amides is 1. The van der Waals surface area contributed by atoms with Crippen LogP contribution in [-0.2, 0) is 10.9 Å². The molecule has 138 valence electrons. The van der Waals surface area contributed by atoms with Gasteiger partial charge in [0.05, 0.1) is 7.11 Å². The number of alkyl halides is 3. The summed E-state index contributed by atoms with van der Waals surface area (Å²) in [7, 11) is 1.26. The minimum atomic E-state index is -4.58. The molecule has 1 amide bonds. The molecule has 8 heteroatoms. The Morgan fingerprint density at radius 3 is 2.48 bits per heavy atom. The van der Waals surface area contributed by atoms with Crippen molar-refractivity contribution in [2.75, 3.05) is 20.2 Å². The molecule has 25 heavy (non-hydrogen) atoms. The van der Waals surface area contributed by atoms with Crippen LogP contribution in [0.15, 0.2) is 18.2 Å². The maximum absolute atomic E-state index is 13.0. The van der Waals surface area contributed by atoms with E-state index in [1.54, 1.807) is 20.8 Å². The Hall–Kier alpha value is -2.25. The van der Waals surface area contributed by atoms with Crippen LogP contribution < -0.4 is 4.74 Å². The van der Waals surface area contributed by atoms with Gasteiger partial charge in [-0.2, -0.15) is 13.2 Å². The van der Waals surface area contributed by atoms with Crippen LogP contribution >= 0.6 is 0 Å². The Kier molecular flexibility index (Phi) is 5.29. The highest BCUT2D eigenvalue weighted by Gasteiger charge is 2.34. The Morgan fingerprint density at radius 1 is 1.24 bits per heavy atom. The van der Waals surface area contributed by atoms with E-state index in [2.05, 4.69) is 4.98 Å². The highest BCUT2D eigenvalue weighted by atomic mass is 19.4. The number of pyridine rings is 1. The first-order valence-corrected chi connectivity index (χ1v) is 7.80. The average molecular weight is 358 g/mol. The molecule has 1 aromatic heterocycles. The van der Waals surface area contributed by atoms with Crippen LogP contribution in [0, 0.1) is 0 Å². The lowest BCUT2D eigenvalue weighted by Crippen LogP contribution is -2.39. The molecule has 0 aliphatic carbocycles. The van der Waals surface area contributed by atoms with Gasteiger partial charge in [0.25, 0.3) is 0 Å². The van der Waals surface area contributed by atoms with Gasteiger partial charge in [-0.05, 0) is 44.4 Å². The van der Waals surface area contributed by atoms with Crippen molar-refractivity contribution >= 4 is 11.7 Å². The summed E-state index contributed by atoms with van der Waals surface area (Å²) in [4.78, 5) is 17.1. The highest BCUT2D eigenvalue weighted by Crippen LogP contribution is 2.33. The summed E-state index contributed by atoms with van der Waals surface area (Å²) >= 11 is 0. The number of halogens is 3. The van der Waals surface area contributed by atoms with Crippen molar-refractivity contribution in [3.63, 3.8) is 0 Å². The van der Waals surface area contributed by atoms with Gasteiger partial charge in [0, 0.05) is 19.2 Å². The van der Waals surface area contributed by atoms with E-state index in [1.165, 1.54) is 18.1 Å². The zero-order chi connectivity index (χ0) is 18.8. The Morgan fingerprint density at radius 2 is 1.92 bits per heavy atom. The fraction of sp³-hybridized carbons (Fsp3) is 0.529. The Bertz CT molecular complexity index is 679. The predicted molar refractivity (Wildman–Crippen MR) is 86.2 cm³/mol. The van der Waals surface area contributed by atoms with Gasteiger partial charge in [-0.1, -0.05) is 6.08 Å². The largest absolute Gasteiger partial charge is 0.481 e. The number of carbonyl (C=O) groups excluding carboxylic acids is 1. The zero-order valence-corrected chi connectivity index (χ0v) is 14.6. The second-order valence-electron chi connectivity index (χ2n) is 6.70. The van der Waals surface area contributed by atoms with Crippen molar-refractivity contribution in [2.45, 2.75) is 39.0 Å². The van der Waals surface area contributed by atoms with Gasteiger partial charge in [0.15, 0.2) is 0 Å². The van der Waals surface area contributed by atoms with Crippen LogP contribution in [0.3, 0.4) is 0 Å². The molecule has 0 fully saturated rings. The molecule has 0 saturated heterocycles. The number of hydrogen-bond acceptors (Lipinski definition) is 4. The van der Waals surface area contributed by atoms with Crippen LogP contribution in [0.2, 0.25) is 0 Å². The van der Waals surface area contributed by atoms with Crippen LogP contribution in [0.25, 0.3) is 5.57 Å². The van der Waals surface area contributed by atoms with Gasteiger partial charge in [-0.25, -0.2) is 9.78 Å². The zero-order valence-electron chi connectivity index (χ0n) is 14.6. The van der Waals surface area contributed by atoms with Gasteiger partial charge < -0.3 is 14.4 Å². The molecular formula is C17H21F3N2O3. The van der Waals surface area contributed by atoms with E-state index in [-0.39, 0.29) is 12.4 Å².